The van der Waals surface area contributed by atoms with Gasteiger partial charge in [0, 0.05) is 16.8 Å². The molecule has 1 aromatic heterocycles. The maximum atomic E-state index is 13.6. The Hall–Kier alpha value is -3.09. The minimum atomic E-state index is -0.112. The van der Waals surface area contributed by atoms with E-state index in [0.717, 1.165) is 46.7 Å². The molecule has 3 aromatic rings. The minimum absolute atomic E-state index is 0.0720. The van der Waals surface area contributed by atoms with E-state index in [4.69, 9.17) is 21.1 Å². The van der Waals surface area contributed by atoms with Crippen molar-refractivity contribution in [2.75, 3.05) is 20.3 Å². The molecule has 2 aromatic carbocycles. The van der Waals surface area contributed by atoms with Gasteiger partial charge in [-0.2, -0.15) is 0 Å². The Kier molecular flexibility index (Phi) is 5.96. The number of carbonyl (C=O) groups is 1. The fourth-order valence-electron chi connectivity index (χ4n) is 4.68. The maximum absolute atomic E-state index is 13.6. The van der Waals surface area contributed by atoms with E-state index in [-0.39, 0.29) is 18.0 Å². The van der Waals surface area contributed by atoms with E-state index in [1.54, 1.807) is 13.4 Å². The van der Waals surface area contributed by atoms with Crippen molar-refractivity contribution in [1.82, 2.24) is 14.5 Å². The summed E-state index contributed by atoms with van der Waals surface area (Å²) in [6.07, 6.45) is 7.31. The van der Waals surface area contributed by atoms with Gasteiger partial charge in [-0.15, -0.1) is 0 Å². The number of rotatable bonds is 4. The number of aromatic nitrogens is 2. The number of piperidine rings is 1. The number of morpholine rings is 1. The second-order valence-electron chi connectivity index (χ2n) is 8.53. The highest BCUT2D eigenvalue weighted by Crippen LogP contribution is 2.36. The molecular formula is C26H26ClN3O3. The van der Waals surface area contributed by atoms with E-state index in [2.05, 4.69) is 4.98 Å². The molecule has 2 aliphatic heterocycles. The number of amides is 1. The number of benzene rings is 2. The van der Waals surface area contributed by atoms with E-state index in [0.29, 0.717) is 18.2 Å². The summed E-state index contributed by atoms with van der Waals surface area (Å²) in [5.74, 6) is 0.802. The molecule has 33 heavy (non-hydrogen) atoms. The van der Waals surface area contributed by atoms with Crippen LogP contribution in [0.4, 0.5) is 0 Å². The van der Waals surface area contributed by atoms with Crippen molar-refractivity contribution < 1.29 is 14.3 Å². The van der Waals surface area contributed by atoms with Gasteiger partial charge in [0.15, 0.2) is 0 Å². The van der Waals surface area contributed by atoms with Crippen molar-refractivity contribution >= 4 is 23.6 Å². The highest BCUT2D eigenvalue weighted by molar-refractivity contribution is 6.30. The predicted octanol–water partition coefficient (Wildman–Crippen LogP) is 4.99. The van der Waals surface area contributed by atoms with Crippen LogP contribution in [-0.4, -0.2) is 46.7 Å². The number of halogens is 1. The predicted molar refractivity (Wildman–Crippen MR) is 128 cm³/mol. The standard InChI is InChI=1S/C26H26ClN3O3/c1-17-13-29(16-28-17)23-10-3-18(12-25(23)32-2)11-20-6-9-22-14-33-15-24(30(22)26(20)31)19-4-7-21(27)8-5-19/h3-5,7-8,10-13,16,22,24H,6,9,14-15H2,1-2H3/t22-,24-/m0/s1. The first-order chi connectivity index (χ1) is 16.0. The van der Waals surface area contributed by atoms with Crippen LogP contribution in [0, 0.1) is 6.92 Å². The highest BCUT2D eigenvalue weighted by Gasteiger charge is 2.40. The van der Waals surface area contributed by atoms with Crippen LogP contribution in [0.3, 0.4) is 0 Å². The van der Waals surface area contributed by atoms with Gasteiger partial charge in [-0.3, -0.25) is 4.79 Å². The van der Waals surface area contributed by atoms with E-state index < -0.39 is 0 Å². The highest BCUT2D eigenvalue weighted by atomic mass is 35.5. The Morgan fingerprint density at radius 2 is 2.00 bits per heavy atom. The Morgan fingerprint density at radius 1 is 1.18 bits per heavy atom. The first kappa shape index (κ1) is 21.7. The molecule has 7 heteroatoms. The molecular weight excluding hydrogens is 438 g/mol. The zero-order chi connectivity index (χ0) is 22.9. The first-order valence-corrected chi connectivity index (χ1v) is 11.5. The van der Waals surface area contributed by atoms with Crippen LogP contribution >= 0.6 is 11.6 Å². The number of ether oxygens (including phenoxy) is 2. The van der Waals surface area contributed by atoms with Gasteiger partial charge in [-0.1, -0.05) is 29.8 Å². The van der Waals surface area contributed by atoms with E-state index in [1.165, 1.54) is 0 Å². The summed E-state index contributed by atoms with van der Waals surface area (Å²) in [7, 11) is 1.65. The Bertz CT molecular complexity index is 1200. The Morgan fingerprint density at radius 3 is 2.73 bits per heavy atom. The number of imidazole rings is 1. The van der Waals surface area contributed by atoms with E-state index in [9.17, 15) is 4.79 Å². The molecule has 3 heterocycles. The Balaban J connectivity index is 1.44. The molecule has 6 nitrogen and oxygen atoms in total. The lowest BCUT2D eigenvalue weighted by Crippen LogP contribution is -2.53. The van der Waals surface area contributed by atoms with Gasteiger partial charge in [-0.05, 0) is 61.2 Å². The molecule has 0 unspecified atom stereocenters. The van der Waals surface area contributed by atoms with Gasteiger partial charge < -0.3 is 18.9 Å². The van der Waals surface area contributed by atoms with Crippen molar-refractivity contribution in [2.24, 2.45) is 0 Å². The van der Waals surface area contributed by atoms with Crippen molar-refractivity contribution in [1.29, 1.82) is 0 Å². The van der Waals surface area contributed by atoms with Crippen LogP contribution in [0.2, 0.25) is 5.02 Å². The number of nitrogens with zero attached hydrogens (tertiary/aromatic N) is 3. The largest absolute Gasteiger partial charge is 0.495 e. The van der Waals surface area contributed by atoms with Crippen LogP contribution in [0.25, 0.3) is 11.8 Å². The molecule has 0 N–H and O–H groups in total. The summed E-state index contributed by atoms with van der Waals surface area (Å²) in [5, 5.41) is 0.681. The van der Waals surface area contributed by atoms with Crippen LogP contribution in [0.1, 0.15) is 35.7 Å². The summed E-state index contributed by atoms with van der Waals surface area (Å²) in [6, 6.07) is 13.6. The maximum Gasteiger partial charge on any atom is 0.250 e. The summed E-state index contributed by atoms with van der Waals surface area (Å²) >= 11 is 6.07. The SMILES string of the molecule is COc1cc(C=C2CC[C@H]3COC[C@@H](c4ccc(Cl)cc4)N3C2=O)ccc1-n1cnc(C)c1. The minimum Gasteiger partial charge on any atom is -0.495 e. The lowest BCUT2D eigenvalue weighted by Gasteiger charge is -2.45. The molecule has 2 atom stereocenters. The molecule has 170 valence electrons. The van der Waals surface area contributed by atoms with Crippen molar-refractivity contribution in [3.8, 4) is 11.4 Å². The second kappa shape index (κ2) is 9.04. The number of aryl methyl sites for hydroxylation is 1. The van der Waals surface area contributed by atoms with Crippen LogP contribution in [0.15, 0.2) is 60.6 Å². The lowest BCUT2D eigenvalue weighted by molar-refractivity contribution is -0.145. The number of methoxy groups -OCH3 is 1. The van der Waals surface area contributed by atoms with Crippen molar-refractivity contribution in [3.63, 3.8) is 0 Å². The summed E-state index contributed by atoms with van der Waals surface area (Å²) < 4.78 is 13.4. The van der Waals surface area contributed by atoms with Crippen molar-refractivity contribution in [2.45, 2.75) is 31.8 Å². The van der Waals surface area contributed by atoms with Gasteiger partial charge in [0.2, 0.25) is 0 Å². The van der Waals surface area contributed by atoms with Gasteiger partial charge in [0.05, 0.1) is 50.1 Å². The third-order valence-corrected chi connectivity index (χ3v) is 6.61. The van der Waals surface area contributed by atoms with Gasteiger partial charge in [-0.25, -0.2) is 4.98 Å². The van der Waals surface area contributed by atoms with Crippen LogP contribution in [0.5, 0.6) is 5.75 Å². The molecule has 5 rings (SSSR count). The smallest absolute Gasteiger partial charge is 0.250 e. The average Bonchev–Trinajstić information content (AvgIpc) is 3.27. The monoisotopic (exact) mass is 463 g/mol. The summed E-state index contributed by atoms with van der Waals surface area (Å²) in [4.78, 5) is 19.9. The molecule has 0 bridgehead atoms. The lowest BCUT2D eigenvalue weighted by atomic mass is 9.91. The zero-order valence-corrected chi connectivity index (χ0v) is 19.5. The molecule has 2 saturated heterocycles. The summed E-state index contributed by atoms with van der Waals surface area (Å²) in [5.41, 5.74) is 4.63. The fraction of sp³-hybridized carbons (Fsp3) is 0.308. The molecule has 1 amide bonds. The van der Waals surface area contributed by atoms with Crippen LogP contribution < -0.4 is 4.74 Å². The van der Waals surface area contributed by atoms with E-state index in [1.807, 2.05) is 71.1 Å². The topological polar surface area (TPSA) is 56.6 Å². The molecule has 2 fully saturated rings. The van der Waals surface area contributed by atoms with E-state index >= 15 is 0 Å². The first-order valence-electron chi connectivity index (χ1n) is 11.1. The molecule has 0 radical (unpaired) electrons. The fourth-order valence-corrected chi connectivity index (χ4v) is 4.81. The van der Waals surface area contributed by atoms with Crippen LogP contribution in [-0.2, 0) is 9.53 Å². The second-order valence-corrected chi connectivity index (χ2v) is 8.97. The molecule has 2 aliphatic rings. The normalized spacial score (nSPS) is 21.8. The molecule has 0 spiro atoms. The number of hydrogen-bond acceptors (Lipinski definition) is 4. The third kappa shape index (κ3) is 4.28. The number of fused-ring (bicyclic) bond motifs is 1. The molecule has 0 saturated carbocycles. The zero-order valence-electron chi connectivity index (χ0n) is 18.7. The van der Waals surface area contributed by atoms with Crippen molar-refractivity contribution in [3.05, 3.63) is 82.4 Å². The number of hydrogen-bond donors (Lipinski definition) is 0. The third-order valence-electron chi connectivity index (χ3n) is 6.36. The Labute approximate surface area is 198 Å². The van der Waals surface area contributed by atoms with Gasteiger partial charge in [0.25, 0.3) is 5.91 Å². The number of carbonyl (C=O) groups excluding carboxylic acids is 1. The van der Waals surface area contributed by atoms with Gasteiger partial charge in [0.1, 0.15) is 5.75 Å². The van der Waals surface area contributed by atoms with Gasteiger partial charge >= 0.3 is 0 Å². The summed E-state index contributed by atoms with van der Waals surface area (Å²) in [6.45, 7) is 3.02. The average molecular weight is 464 g/mol. The quantitative estimate of drug-likeness (QED) is 0.511. The molecule has 0 aliphatic carbocycles.